The molecular formula is C57H88O41S. The molecule has 0 aliphatic carbocycles. The molecule has 30 fully saturated rings. The van der Waals surface area contributed by atoms with Crippen LogP contribution in [0.4, 0.5) is 0 Å². The van der Waals surface area contributed by atoms with Crippen molar-refractivity contribution in [3.05, 3.63) is 29.8 Å². The predicted molar refractivity (Wildman–Crippen MR) is 307 cm³/mol. The highest BCUT2D eigenvalue weighted by molar-refractivity contribution is 7.99. The van der Waals surface area contributed by atoms with Crippen LogP contribution in [0.25, 0.3) is 0 Å². The first-order valence-electron chi connectivity index (χ1n) is 31.8. The molecule has 24 N–H and O–H groups in total. The number of carboxylic acid groups (broad SMARTS) is 1. The maximum absolute atomic E-state index is 12.0. The fraction of sp³-hybridized carbons (Fsp3) is 0.877. The lowest BCUT2D eigenvalue weighted by atomic mass is 9.95. The van der Waals surface area contributed by atoms with Crippen LogP contribution >= 0.6 is 11.8 Å². The highest BCUT2D eigenvalue weighted by atomic mass is 32.2. The Hall–Kier alpha value is -2.52. The van der Waals surface area contributed by atoms with Gasteiger partial charge in [0.15, 0.2) is 50.3 Å². The number of thioether (sulfide) groups is 1. The van der Waals surface area contributed by atoms with Crippen molar-refractivity contribution in [3.63, 3.8) is 0 Å². The van der Waals surface area contributed by atoms with Crippen LogP contribution in [0.15, 0.2) is 29.2 Å². The number of hydrogen-bond acceptors (Lipinski definition) is 41. The molecule has 0 saturated carbocycles. The molecule has 0 unspecified atom stereocenters. The van der Waals surface area contributed by atoms with Crippen LogP contribution in [0.1, 0.15) is 12.0 Å². The van der Waals surface area contributed by atoms with Gasteiger partial charge in [-0.2, -0.15) is 0 Å². The Labute approximate surface area is 564 Å². The minimum absolute atomic E-state index is 0.114. The van der Waals surface area contributed by atoms with E-state index >= 15 is 0 Å². The summed E-state index contributed by atoms with van der Waals surface area (Å²) in [6.07, 6.45) is -82.2. The molecule has 30 aliphatic rings. The van der Waals surface area contributed by atoms with Crippen molar-refractivity contribution in [1.82, 2.24) is 0 Å². The number of aryl methyl sites for hydroxylation is 1. The summed E-state index contributed by atoms with van der Waals surface area (Å²) in [6.45, 7) is -7.62. The molecule has 41 nitrogen and oxygen atoms in total. The Bertz CT molecular complexity index is 2670. The van der Waals surface area contributed by atoms with Gasteiger partial charge < -0.3 is 198 Å². The largest absolute Gasteiger partial charge is 0.481 e. The molecule has 99 heavy (non-hydrogen) atoms. The average molecular weight is 1460 g/mol. The van der Waals surface area contributed by atoms with E-state index in [1.807, 2.05) is 0 Å². The number of aliphatic carboxylic acids is 1. The van der Waals surface area contributed by atoms with Crippen LogP contribution in [0.5, 0.6) is 0 Å². The molecule has 1 aromatic carbocycles. The molecule has 30 heterocycles. The van der Waals surface area contributed by atoms with E-state index in [1.54, 1.807) is 24.3 Å². The molecule has 31 rings (SSSR count). The summed E-state index contributed by atoms with van der Waals surface area (Å²) in [5.41, 5.74) is 0.589. The fourth-order valence-electron chi connectivity index (χ4n) is 13.1. The summed E-state index contributed by atoms with van der Waals surface area (Å²) < 4.78 is 93.2. The highest BCUT2D eigenvalue weighted by Gasteiger charge is 2.60. The number of rotatable bonds is 13. The second kappa shape index (κ2) is 34.4. The van der Waals surface area contributed by atoms with Crippen LogP contribution in [-0.4, -0.2) is 426 Å². The smallest absolute Gasteiger partial charge is 0.303 e. The lowest BCUT2D eigenvalue weighted by Gasteiger charge is -2.50. The van der Waals surface area contributed by atoms with E-state index in [0.29, 0.717) is 10.5 Å². The van der Waals surface area contributed by atoms with Gasteiger partial charge in [0.25, 0.3) is 0 Å². The number of aliphatic hydroxyl groups excluding tert-OH is 23. The summed E-state index contributed by atoms with van der Waals surface area (Å²) in [7, 11) is 0. The van der Waals surface area contributed by atoms with Gasteiger partial charge >= 0.3 is 5.97 Å². The van der Waals surface area contributed by atoms with Crippen molar-refractivity contribution in [2.24, 2.45) is 0 Å². The first kappa shape index (κ1) is 79.1. The van der Waals surface area contributed by atoms with Gasteiger partial charge in [-0.25, -0.2) is 0 Å². The van der Waals surface area contributed by atoms with E-state index in [-0.39, 0.29) is 18.6 Å². The summed E-state index contributed by atoms with van der Waals surface area (Å²) in [4.78, 5) is 11.9. The summed E-state index contributed by atoms with van der Waals surface area (Å²) in [5.74, 6) is -1.36. The number of carboxylic acids is 1. The van der Waals surface area contributed by atoms with Crippen LogP contribution < -0.4 is 0 Å². The van der Waals surface area contributed by atoms with Gasteiger partial charge in [0.2, 0.25) is 0 Å². The molecule has 16 bridgehead atoms. The van der Waals surface area contributed by atoms with Crippen molar-refractivity contribution in [1.29, 1.82) is 0 Å². The van der Waals surface area contributed by atoms with Crippen LogP contribution in [0.3, 0.4) is 0 Å². The molecule has 0 aromatic heterocycles. The Morgan fingerprint density at radius 1 is 0.293 bits per heavy atom. The minimum atomic E-state index is -2.27. The van der Waals surface area contributed by atoms with Gasteiger partial charge in [0.1, 0.15) is 189 Å². The maximum atomic E-state index is 12.0. The van der Waals surface area contributed by atoms with Gasteiger partial charge in [-0.15, -0.1) is 11.8 Å². The minimum Gasteiger partial charge on any atom is -0.481 e. The third-order valence-electron chi connectivity index (χ3n) is 18.7. The monoisotopic (exact) mass is 1460 g/mol. The van der Waals surface area contributed by atoms with Gasteiger partial charge in [0, 0.05) is 17.1 Å². The first-order chi connectivity index (χ1) is 47.2. The third kappa shape index (κ3) is 16.7. The lowest BCUT2D eigenvalue weighted by Crippen LogP contribution is -2.69. The second-order valence-electron chi connectivity index (χ2n) is 25.1. The number of aliphatic hydroxyl groups is 23. The molecule has 42 heteroatoms. The summed E-state index contributed by atoms with van der Waals surface area (Å²) in [6, 6.07) is 6.54. The Morgan fingerprint density at radius 3 is 0.697 bits per heavy atom. The van der Waals surface area contributed by atoms with Crippen molar-refractivity contribution >= 4 is 17.7 Å². The first-order valence-corrected chi connectivity index (χ1v) is 32.8. The highest BCUT2D eigenvalue weighted by Crippen LogP contribution is 2.41. The molecule has 30 aliphatic heterocycles. The fourth-order valence-corrected chi connectivity index (χ4v) is 14.1. The number of ether oxygens (including phenoxy) is 16. The van der Waals surface area contributed by atoms with E-state index in [2.05, 4.69) is 0 Å². The Morgan fingerprint density at radius 2 is 0.495 bits per heavy atom. The number of hydrogen-bond donors (Lipinski definition) is 24. The molecule has 40 atom stereocenters. The molecular weight excluding hydrogens is 1370 g/mol. The third-order valence-corrected chi connectivity index (χ3v) is 19.7. The van der Waals surface area contributed by atoms with Gasteiger partial charge in [0.05, 0.1) is 52.4 Å². The normalized spacial score (nSPS) is 50.5. The summed E-state index contributed by atoms with van der Waals surface area (Å²) >= 11 is 1.02. The van der Waals surface area contributed by atoms with E-state index in [0.717, 1.165) is 11.8 Å². The zero-order valence-electron chi connectivity index (χ0n) is 52.1. The quantitative estimate of drug-likeness (QED) is 0.0816. The zero-order valence-corrected chi connectivity index (χ0v) is 52.9. The van der Waals surface area contributed by atoms with Crippen LogP contribution in [-0.2, 0) is 87.0 Å². The Balaban J connectivity index is 0.933. The van der Waals surface area contributed by atoms with E-state index < -0.39 is 298 Å². The van der Waals surface area contributed by atoms with E-state index in [4.69, 9.17) is 75.8 Å². The van der Waals surface area contributed by atoms with E-state index in [9.17, 15) is 127 Å². The van der Waals surface area contributed by atoms with Gasteiger partial charge in [-0.1, -0.05) is 12.1 Å². The zero-order chi connectivity index (χ0) is 71.7. The lowest BCUT2D eigenvalue weighted by molar-refractivity contribution is -0.403. The van der Waals surface area contributed by atoms with Crippen molar-refractivity contribution in [3.8, 4) is 0 Å². The van der Waals surface area contributed by atoms with Crippen LogP contribution in [0, 0.1) is 0 Å². The molecule has 0 radical (unpaired) electrons. The molecule has 0 spiro atoms. The van der Waals surface area contributed by atoms with Crippen molar-refractivity contribution < 1.29 is 203 Å². The molecule has 30 saturated heterocycles. The second-order valence-corrected chi connectivity index (χ2v) is 26.2. The van der Waals surface area contributed by atoms with Crippen LogP contribution in [0.2, 0.25) is 0 Å². The molecule has 568 valence electrons. The number of benzene rings is 1. The van der Waals surface area contributed by atoms with Crippen molar-refractivity contribution in [2.75, 3.05) is 52.0 Å². The Kier molecular flexibility index (Phi) is 27.4. The van der Waals surface area contributed by atoms with Gasteiger partial charge in [-0.3, -0.25) is 4.79 Å². The van der Waals surface area contributed by atoms with Crippen molar-refractivity contribution in [2.45, 2.75) is 263 Å². The predicted octanol–water partition coefficient (Wildman–Crippen LogP) is -14.6. The topological polar surface area (TPSA) is 650 Å². The number of carbonyl (C=O) groups is 1. The molecule has 0 amide bonds. The SMILES string of the molecule is O=C(O)CCc1cccc(SC[C@H]2O[C@@H]3O[C@H]4[C@H](O)[C@@H](O)[C@@H](O[C@H]5[C@H](O)[C@@H](O)[C@@H](O[C@H]6[C@H](O)[C@@H](O)[C@@H](O[C@H]7[C@H](O)[C@@H](O)[C@@H](O[C@H]8[C@@H](O)[C@@H](O)[C@@H](O[C@H]9[C@H](O)[C@@H](O)[C@@H](O[C@H]%10[C@@H](O)[C@@H](O)[C@@H](O[C@H]2[C@H](O)[C@H]3O)O[C@@H]%10CO)O[C@@H]9CO)O[C@@H]8CO)O[C@@H]7CO)O[C@@H]6CO)O[C@@H]5CO)O[C@@H]4CO)c1. The molecule has 1 aromatic rings. The maximum Gasteiger partial charge on any atom is 0.303 e. The average Bonchev–Trinajstić information content (AvgIpc) is 0.780. The summed E-state index contributed by atoms with van der Waals surface area (Å²) in [5, 5.41) is 268. The standard InChI is InChI=1S/C57H88O41S/c58-7-17-42-26(67)34(75)50(83-17)92-43-18(8-59)85-52(36(77)28(43)69)94-45-20(10-61)87-54(38(79)30(45)71)96-47-22(12-63)89-56(40(81)32(47)73)98-49-24(14-99-16-3-1-2-15(6-16)4-5-25(65)66)90-57(41(82)33(49)74)97-48-23(13-64)88-55(39(80)31(48)72)95-46-21(11-62)86-53(37(78)29(46)70)93-44-19(9-60)84-51(91-42)35(76)27(44)68/h1-3,6,17-24,26-64,67-82H,4-5,7-14H2,(H,65,66)/t17-,18-,19-,20-,21-,22-,23-,24-,26-,27-,28+,29-,30-,31-,32+,33-,34-,35-,36-,37-,38-,39-,40-,41-,42-,43-,44-,45-,46-,47-,48-,49-,50-,51-,52-,53-,54-,55-,56-,57-/m1/s1. The van der Waals surface area contributed by atoms with E-state index in [1.165, 1.54) is 0 Å². The van der Waals surface area contributed by atoms with Gasteiger partial charge in [-0.05, 0) is 24.1 Å².